The minimum absolute atomic E-state index is 0.0297. The topological polar surface area (TPSA) is 73.6 Å². The third kappa shape index (κ3) is 4.10. The normalized spacial score (nSPS) is 11.2. The van der Waals surface area contributed by atoms with E-state index in [1.165, 1.54) is 21.9 Å². The van der Waals surface area contributed by atoms with Gasteiger partial charge in [0.05, 0.1) is 5.69 Å². The highest BCUT2D eigenvalue weighted by molar-refractivity contribution is 7.16. The number of nitrogens with zero attached hydrogens (tertiary/aromatic N) is 3. The molecule has 0 atom stereocenters. The summed E-state index contributed by atoms with van der Waals surface area (Å²) in [6.07, 6.45) is 1.93. The van der Waals surface area contributed by atoms with Crippen molar-refractivity contribution in [1.29, 1.82) is 0 Å². The Hall–Kier alpha value is -1.76. The Morgan fingerprint density at radius 1 is 1.48 bits per heavy atom. The number of hydrogen-bond acceptors (Lipinski definition) is 6. The lowest BCUT2D eigenvalue weighted by atomic mass is 10.1. The first-order valence-corrected chi connectivity index (χ1v) is 7.85. The molecule has 0 aromatic carbocycles. The molecule has 0 unspecified atom stereocenters. The van der Waals surface area contributed by atoms with E-state index >= 15 is 0 Å². The van der Waals surface area contributed by atoms with Crippen LogP contribution in [-0.2, 0) is 22.6 Å². The lowest BCUT2D eigenvalue weighted by Crippen LogP contribution is -2.16. The summed E-state index contributed by atoms with van der Waals surface area (Å²) in [6, 6.07) is 1.37. The van der Waals surface area contributed by atoms with Crippen LogP contribution in [0.25, 0.3) is 4.96 Å². The number of fused-ring (bicyclic) bond motifs is 1. The summed E-state index contributed by atoms with van der Waals surface area (Å²) in [4.78, 5) is 28.2. The maximum Gasteiger partial charge on any atom is 0.306 e. The molecule has 0 aliphatic heterocycles. The molecule has 7 heteroatoms. The van der Waals surface area contributed by atoms with Crippen molar-refractivity contribution in [2.24, 2.45) is 5.92 Å². The van der Waals surface area contributed by atoms with E-state index in [-0.39, 0.29) is 18.1 Å². The maximum absolute atomic E-state index is 12.0. The Kier molecular flexibility index (Phi) is 5.06. The highest BCUT2D eigenvalue weighted by Gasteiger charge is 2.11. The monoisotopic (exact) mass is 309 g/mol. The molecule has 0 aliphatic carbocycles. The van der Waals surface area contributed by atoms with E-state index in [1.807, 2.05) is 6.92 Å². The van der Waals surface area contributed by atoms with Gasteiger partial charge >= 0.3 is 5.97 Å². The fraction of sp³-hybridized carbons (Fsp3) is 0.571. The first-order valence-electron chi connectivity index (χ1n) is 7.04. The zero-order valence-corrected chi connectivity index (χ0v) is 13.3. The van der Waals surface area contributed by atoms with E-state index in [1.54, 1.807) is 0 Å². The van der Waals surface area contributed by atoms with Gasteiger partial charge in [-0.15, -0.1) is 0 Å². The first-order chi connectivity index (χ1) is 9.99. The molecule has 0 fully saturated rings. The fourth-order valence-corrected chi connectivity index (χ4v) is 2.96. The lowest BCUT2D eigenvalue weighted by Gasteiger charge is -2.02. The van der Waals surface area contributed by atoms with Crippen LogP contribution in [0, 0.1) is 5.92 Å². The summed E-state index contributed by atoms with van der Waals surface area (Å²) in [6.45, 7) is 6.13. The van der Waals surface area contributed by atoms with Gasteiger partial charge in [0.25, 0.3) is 5.56 Å². The summed E-state index contributed by atoms with van der Waals surface area (Å²) in [7, 11) is 0. The predicted molar refractivity (Wildman–Crippen MR) is 80.4 cm³/mol. The number of carbonyl (C=O) groups excluding carboxylic acids is 1. The second-order valence-electron chi connectivity index (χ2n) is 5.28. The Labute approximate surface area is 126 Å². The quantitative estimate of drug-likeness (QED) is 0.765. The van der Waals surface area contributed by atoms with Gasteiger partial charge in [-0.1, -0.05) is 32.1 Å². The molecule has 0 amide bonds. The van der Waals surface area contributed by atoms with Crippen LogP contribution < -0.4 is 5.56 Å². The molecule has 2 aromatic rings. The Bertz CT molecular complexity index is 690. The minimum atomic E-state index is -0.274. The van der Waals surface area contributed by atoms with E-state index < -0.39 is 0 Å². The molecule has 0 bridgehead atoms. The fourth-order valence-electron chi connectivity index (χ4n) is 1.83. The maximum atomic E-state index is 12.0. The zero-order valence-electron chi connectivity index (χ0n) is 12.5. The average molecular weight is 309 g/mol. The lowest BCUT2D eigenvalue weighted by molar-refractivity contribution is -0.145. The molecule has 2 rings (SSSR count). The summed E-state index contributed by atoms with van der Waals surface area (Å²) in [5.41, 5.74) is 0.219. The number of rotatable bonds is 6. The Morgan fingerprint density at radius 2 is 2.24 bits per heavy atom. The third-order valence-electron chi connectivity index (χ3n) is 2.76. The second kappa shape index (κ2) is 6.80. The summed E-state index contributed by atoms with van der Waals surface area (Å²) in [5.74, 6) is 0.194. The number of aromatic nitrogens is 3. The van der Waals surface area contributed by atoms with Crippen LogP contribution in [0.2, 0.25) is 0 Å². The van der Waals surface area contributed by atoms with Crippen molar-refractivity contribution in [2.75, 3.05) is 0 Å². The smallest absolute Gasteiger partial charge is 0.306 e. The van der Waals surface area contributed by atoms with Gasteiger partial charge in [0.1, 0.15) is 11.6 Å². The summed E-state index contributed by atoms with van der Waals surface area (Å²) < 4.78 is 6.38. The van der Waals surface area contributed by atoms with Crippen LogP contribution in [0.4, 0.5) is 0 Å². The van der Waals surface area contributed by atoms with Gasteiger partial charge in [-0.3, -0.25) is 9.59 Å². The van der Waals surface area contributed by atoms with Crippen LogP contribution in [0.1, 0.15) is 44.3 Å². The van der Waals surface area contributed by atoms with Crippen molar-refractivity contribution in [2.45, 2.75) is 46.6 Å². The molecule has 2 heterocycles. The van der Waals surface area contributed by atoms with Crippen LogP contribution in [0.15, 0.2) is 10.9 Å². The van der Waals surface area contributed by atoms with E-state index in [0.29, 0.717) is 23.0 Å². The summed E-state index contributed by atoms with van der Waals surface area (Å²) >= 11 is 1.40. The summed E-state index contributed by atoms with van der Waals surface area (Å²) in [5, 5.41) is 5.15. The van der Waals surface area contributed by atoms with Crippen molar-refractivity contribution in [1.82, 2.24) is 14.6 Å². The van der Waals surface area contributed by atoms with E-state index in [0.717, 1.165) is 17.8 Å². The number of hydrogen-bond donors (Lipinski definition) is 0. The average Bonchev–Trinajstić information content (AvgIpc) is 2.79. The highest BCUT2D eigenvalue weighted by atomic mass is 32.1. The number of carbonyl (C=O) groups is 1. The van der Waals surface area contributed by atoms with Crippen molar-refractivity contribution in [3.8, 4) is 0 Å². The molecule has 0 spiro atoms. The molecular formula is C14H19N3O3S. The molecule has 0 N–H and O–H groups in total. The zero-order chi connectivity index (χ0) is 15.4. The molecular weight excluding hydrogens is 290 g/mol. The van der Waals surface area contributed by atoms with Crippen LogP contribution in [-0.4, -0.2) is 20.6 Å². The third-order valence-corrected chi connectivity index (χ3v) is 3.69. The van der Waals surface area contributed by atoms with Crippen LogP contribution in [0.3, 0.4) is 0 Å². The first kappa shape index (κ1) is 15.6. The molecule has 114 valence electrons. The van der Waals surface area contributed by atoms with Gasteiger partial charge in [-0.05, 0) is 12.3 Å². The standard InChI is InChI=1S/C14H19N3O3S/c1-4-5-13(19)20-8-10-7-12(18)17-14(15-10)21-11(16-17)6-9(2)3/h7,9H,4-6,8H2,1-3H3. The van der Waals surface area contributed by atoms with Gasteiger partial charge < -0.3 is 4.74 Å². The van der Waals surface area contributed by atoms with E-state index in [9.17, 15) is 9.59 Å². The minimum Gasteiger partial charge on any atom is -0.459 e. The van der Waals surface area contributed by atoms with E-state index in [2.05, 4.69) is 23.9 Å². The second-order valence-corrected chi connectivity index (χ2v) is 6.33. The molecule has 0 saturated heterocycles. The van der Waals surface area contributed by atoms with Gasteiger partial charge in [0.15, 0.2) is 0 Å². The van der Waals surface area contributed by atoms with Crippen molar-refractivity contribution in [3.63, 3.8) is 0 Å². The number of ether oxygens (including phenoxy) is 1. The van der Waals surface area contributed by atoms with Crippen molar-refractivity contribution in [3.05, 3.63) is 27.1 Å². The SMILES string of the molecule is CCCC(=O)OCc1cc(=O)n2nc(CC(C)C)sc2n1. The van der Waals surface area contributed by atoms with Crippen LogP contribution >= 0.6 is 11.3 Å². The van der Waals surface area contributed by atoms with E-state index in [4.69, 9.17) is 4.74 Å². The van der Waals surface area contributed by atoms with Gasteiger partial charge in [-0.2, -0.15) is 9.61 Å². The largest absolute Gasteiger partial charge is 0.459 e. The Balaban J connectivity index is 2.19. The Morgan fingerprint density at radius 3 is 2.90 bits per heavy atom. The van der Waals surface area contributed by atoms with Gasteiger partial charge in [0, 0.05) is 18.9 Å². The highest BCUT2D eigenvalue weighted by Crippen LogP contribution is 2.15. The van der Waals surface area contributed by atoms with Crippen LogP contribution in [0.5, 0.6) is 0 Å². The number of esters is 1. The molecule has 0 radical (unpaired) electrons. The molecule has 21 heavy (non-hydrogen) atoms. The predicted octanol–water partition coefficient (Wildman–Crippen LogP) is 2.19. The molecule has 6 nitrogen and oxygen atoms in total. The van der Waals surface area contributed by atoms with Crippen molar-refractivity contribution >= 4 is 22.3 Å². The molecule has 2 aromatic heterocycles. The molecule has 0 saturated carbocycles. The molecule has 0 aliphatic rings. The van der Waals surface area contributed by atoms with Crippen molar-refractivity contribution < 1.29 is 9.53 Å². The van der Waals surface area contributed by atoms with Gasteiger partial charge in [0.2, 0.25) is 4.96 Å². The van der Waals surface area contributed by atoms with Gasteiger partial charge in [-0.25, -0.2) is 4.98 Å².